The van der Waals surface area contributed by atoms with Gasteiger partial charge in [0, 0.05) is 6.61 Å². The third kappa shape index (κ3) is 2.92. The van der Waals surface area contributed by atoms with Gasteiger partial charge >= 0.3 is 5.97 Å². The van der Waals surface area contributed by atoms with Gasteiger partial charge in [-0.25, -0.2) is 4.79 Å². The van der Waals surface area contributed by atoms with Crippen molar-refractivity contribution in [2.24, 2.45) is 0 Å². The van der Waals surface area contributed by atoms with Crippen molar-refractivity contribution in [1.82, 2.24) is 0 Å². The van der Waals surface area contributed by atoms with E-state index in [1.165, 1.54) is 0 Å². The molecule has 1 aromatic rings. The van der Waals surface area contributed by atoms with Gasteiger partial charge in [-0.3, -0.25) is 0 Å². The number of carboxylic acid groups (broad SMARTS) is 1. The fourth-order valence-electron chi connectivity index (χ4n) is 1.92. The molecule has 2 rings (SSSR count). The van der Waals surface area contributed by atoms with Gasteiger partial charge in [-0.05, 0) is 31.5 Å². The Kier molecular flexibility index (Phi) is 4.04. The van der Waals surface area contributed by atoms with Crippen LogP contribution in [0.1, 0.15) is 23.7 Å². The lowest BCUT2D eigenvalue weighted by Crippen LogP contribution is -2.19. The molecule has 2 N–H and O–H groups in total. The topological polar surface area (TPSA) is 67.8 Å². The van der Waals surface area contributed by atoms with Gasteiger partial charge in [0.2, 0.25) is 0 Å². The summed E-state index contributed by atoms with van der Waals surface area (Å²) < 4.78 is 10.8. The molecular weight excluding hydrogens is 234 g/mol. The number of aromatic carboxylic acids is 1. The summed E-state index contributed by atoms with van der Waals surface area (Å²) in [7, 11) is 0. The number of anilines is 1. The van der Waals surface area contributed by atoms with Crippen molar-refractivity contribution in [3.8, 4) is 5.75 Å². The molecule has 1 aliphatic rings. The molecule has 18 heavy (non-hydrogen) atoms. The summed E-state index contributed by atoms with van der Waals surface area (Å²) in [5.41, 5.74) is 1.05. The summed E-state index contributed by atoms with van der Waals surface area (Å²) in [5.74, 6) is -0.379. The highest BCUT2D eigenvalue weighted by atomic mass is 16.5. The summed E-state index contributed by atoms with van der Waals surface area (Å²) in [6.07, 6.45) is 0.951. The van der Waals surface area contributed by atoms with E-state index in [0.29, 0.717) is 19.0 Å². The Balaban J connectivity index is 2.19. The molecule has 5 heteroatoms. The van der Waals surface area contributed by atoms with Crippen LogP contribution in [0.3, 0.4) is 0 Å². The van der Waals surface area contributed by atoms with E-state index in [9.17, 15) is 4.79 Å². The first-order valence-corrected chi connectivity index (χ1v) is 6.05. The van der Waals surface area contributed by atoms with Gasteiger partial charge in [0.25, 0.3) is 0 Å². The van der Waals surface area contributed by atoms with Gasteiger partial charge in [-0.1, -0.05) is 0 Å². The molecule has 1 aliphatic heterocycles. The number of nitrogens with one attached hydrogen (secondary N) is 1. The first-order valence-electron chi connectivity index (χ1n) is 6.05. The van der Waals surface area contributed by atoms with Crippen molar-refractivity contribution in [3.63, 3.8) is 0 Å². The lowest BCUT2D eigenvalue weighted by molar-refractivity contribution is 0.0696. The van der Waals surface area contributed by atoms with E-state index in [-0.39, 0.29) is 11.6 Å². The first-order chi connectivity index (χ1) is 8.70. The fraction of sp³-hybridized carbons (Fsp3) is 0.462. The maximum atomic E-state index is 10.9. The molecule has 1 fully saturated rings. The van der Waals surface area contributed by atoms with Gasteiger partial charge in [-0.15, -0.1) is 0 Å². The SMILES string of the molecule is CCOc1cc(C(=O)O)ccc1NC1CCOC1. The third-order valence-corrected chi connectivity index (χ3v) is 2.82. The standard InChI is InChI=1S/C13H17NO4/c1-2-18-12-7-9(13(15)16)3-4-11(12)14-10-5-6-17-8-10/h3-4,7,10,14H,2,5-6,8H2,1H3,(H,15,16). The van der Waals surface area contributed by atoms with Gasteiger partial charge in [0.1, 0.15) is 5.75 Å². The van der Waals surface area contributed by atoms with Crippen molar-refractivity contribution < 1.29 is 19.4 Å². The Morgan fingerprint density at radius 2 is 2.44 bits per heavy atom. The molecular formula is C13H17NO4. The second-order valence-electron chi connectivity index (χ2n) is 4.15. The average Bonchev–Trinajstić information content (AvgIpc) is 2.84. The largest absolute Gasteiger partial charge is 0.492 e. The zero-order chi connectivity index (χ0) is 13.0. The maximum Gasteiger partial charge on any atom is 0.335 e. The van der Waals surface area contributed by atoms with Gasteiger partial charge in [0.05, 0.1) is 30.5 Å². The minimum Gasteiger partial charge on any atom is -0.492 e. The summed E-state index contributed by atoms with van der Waals surface area (Å²) in [5, 5.41) is 12.3. The number of hydrogen-bond donors (Lipinski definition) is 2. The van der Waals surface area contributed by atoms with Crippen LogP contribution in [-0.4, -0.2) is 36.9 Å². The van der Waals surface area contributed by atoms with Crippen LogP contribution in [0.2, 0.25) is 0 Å². The molecule has 0 bridgehead atoms. The highest BCUT2D eigenvalue weighted by Crippen LogP contribution is 2.27. The highest BCUT2D eigenvalue weighted by molar-refractivity contribution is 5.89. The Morgan fingerprint density at radius 3 is 3.06 bits per heavy atom. The van der Waals surface area contributed by atoms with E-state index in [1.54, 1.807) is 18.2 Å². The molecule has 0 amide bonds. The smallest absolute Gasteiger partial charge is 0.335 e. The Hall–Kier alpha value is -1.75. The number of benzene rings is 1. The Morgan fingerprint density at radius 1 is 1.61 bits per heavy atom. The van der Waals surface area contributed by atoms with E-state index >= 15 is 0 Å². The van der Waals surface area contributed by atoms with Crippen molar-refractivity contribution in [2.45, 2.75) is 19.4 Å². The van der Waals surface area contributed by atoms with Crippen LogP contribution in [-0.2, 0) is 4.74 Å². The zero-order valence-corrected chi connectivity index (χ0v) is 10.3. The van der Waals surface area contributed by atoms with Crippen LogP contribution in [0.15, 0.2) is 18.2 Å². The van der Waals surface area contributed by atoms with E-state index in [1.807, 2.05) is 6.92 Å². The highest BCUT2D eigenvalue weighted by Gasteiger charge is 2.17. The first kappa shape index (κ1) is 12.7. The fourth-order valence-corrected chi connectivity index (χ4v) is 1.92. The molecule has 0 aromatic heterocycles. The predicted molar refractivity (Wildman–Crippen MR) is 67.4 cm³/mol. The zero-order valence-electron chi connectivity index (χ0n) is 10.3. The number of rotatable bonds is 5. The molecule has 1 aromatic carbocycles. The molecule has 98 valence electrons. The molecule has 1 heterocycles. The lowest BCUT2D eigenvalue weighted by Gasteiger charge is -2.16. The molecule has 1 saturated heterocycles. The molecule has 1 atom stereocenters. The second-order valence-corrected chi connectivity index (χ2v) is 4.15. The quantitative estimate of drug-likeness (QED) is 0.837. The van der Waals surface area contributed by atoms with Crippen LogP contribution < -0.4 is 10.1 Å². The van der Waals surface area contributed by atoms with Crippen molar-refractivity contribution in [2.75, 3.05) is 25.1 Å². The third-order valence-electron chi connectivity index (χ3n) is 2.82. The molecule has 0 aliphatic carbocycles. The molecule has 0 radical (unpaired) electrons. The second kappa shape index (κ2) is 5.73. The van der Waals surface area contributed by atoms with Gasteiger partial charge in [0.15, 0.2) is 0 Å². The minimum atomic E-state index is -0.952. The van der Waals surface area contributed by atoms with Gasteiger partial charge < -0.3 is 19.9 Å². The van der Waals surface area contributed by atoms with Crippen molar-refractivity contribution in [3.05, 3.63) is 23.8 Å². The number of ether oxygens (including phenoxy) is 2. The Labute approximate surface area is 106 Å². The number of carbonyl (C=O) groups is 1. The van der Waals surface area contributed by atoms with E-state index in [4.69, 9.17) is 14.6 Å². The van der Waals surface area contributed by atoms with Crippen LogP contribution in [0.4, 0.5) is 5.69 Å². The minimum absolute atomic E-state index is 0.228. The average molecular weight is 251 g/mol. The van der Waals surface area contributed by atoms with Gasteiger partial charge in [-0.2, -0.15) is 0 Å². The summed E-state index contributed by atoms with van der Waals surface area (Å²) in [6, 6.07) is 5.12. The normalized spacial score (nSPS) is 18.6. The molecule has 5 nitrogen and oxygen atoms in total. The number of carboxylic acids is 1. The molecule has 1 unspecified atom stereocenters. The summed E-state index contributed by atoms with van der Waals surface area (Å²) >= 11 is 0. The predicted octanol–water partition coefficient (Wildman–Crippen LogP) is 1.98. The van der Waals surface area contributed by atoms with E-state index in [0.717, 1.165) is 18.7 Å². The van der Waals surface area contributed by atoms with E-state index < -0.39 is 5.97 Å². The van der Waals surface area contributed by atoms with Crippen molar-refractivity contribution >= 4 is 11.7 Å². The molecule has 0 spiro atoms. The van der Waals surface area contributed by atoms with Crippen LogP contribution >= 0.6 is 0 Å². The lowest BCUT2D eigenvalue weighted by atomic mass is 10.1. The van der Waals surface area contributed by atoms with Crippen molar-refractivity contribution in [1.29, 1.82) is 0 Å². The van der Waals surface area contributed by atoms with Crippen LogP contribution in [0.25, 0.3) is 0 Å². The summed E-state index contributed by atoms with van der Waals surface area (Å²) in [4.78, 5) is 10.9. The molecule has 0 saturated carbocycles. The van der Waals surface area contributed by atoms with E-state index in [2.05, 4.69) is 5.32 Å². The number of hydrogen-bond acceptors (Lipinski definition) is 4. The maximum absolute atomic E-state index is 10.9. The monoisotopic (exact) mass is 251 g/mol. The summed E-state index contributed by atoms with van der Waals surface area (Å²) in [6.45, 7) is 3.80. The Bertz CT molecular complexity index is 427. The van der Waals surface area contributed by atoms with Crippen LogP contribution in [0.5, 0.6) is 5.75 Å². The van der Waals surface area contributed by atoms with Crippen LogP contribution in [0, 0.1) is 0 Å².